The zero-order valence-corrected chi connectivity index (χ0v) is 3.53. The molecule has 0 saturated heterocycles. The summed E-state index contributed by atoms with van der Waals surface area (Å²) in [7, 11) is 0. The van der Waals surface area contributed by atoms with Crippen LogP contribution in [0.3, 0.4) is 0 Å². The molecule has 0 spiro atoms. The second-order valence-corrected chi connectivity index (χ2v) is 0.772. The van der Waals surface area contributed by atoms with E-state index in [-0.39, 0.29) is 12.1 Å². The maximum absolute atomic E-state index is 9.83. The lowest BCUT2D eigenvalue weighted by atomic mass is 10.7. The Hall–Kier alpha value is -1.10. The molecule has 0 aliphatic carbocycles. The topological polar surface area (TPSA) is 89.2 Å². The van der Waals surface area contributed by atoms with Crippen LogP contribution >= 0.6 is 0 Å². The average molecular weight is 100 g/mol. The smallest absolute Gasteiger partial charge is 0.310 e. The fourth-order valence-electron chi connectivity index (χ4n) is 0.171. The Morgan fingerprint density at radius 1 is 1.57 bits per heavy atom. The van der Waals surface area contributed by atoms with Gasteiger partial charge in [-0.1, -0.05) is 5.11 Å². The molecule has 1 amide bonds. The molecule has 1 aliphatic rings. The first-order valence-corrected chi connectivity index (χ1v) is 1.37. The quantitative estimate of drug-likeness (QED) is 0.468. The van der Waals surface area contributed by atoms with Crippen LogP contribution in [-0.2, 0) is 4.79 Å². The second-order valence-electron chi connectivity index (χ2n) is 0.772. The highest BCUT2D eigenvalue weighted by molar-refractivity contribution is 6.27. The Bertz CT molecular complexity index is 112. The van der Waals surface area contributed by atoms with E-state index < -0.39 is 0 Å². The van der Waals surface area contributed by atoms with Crippen molar-refractivity contribution in [1.29, 1.82) is 0 Å². The molecule has 7 heavy (non-hydrogen) atoms. The van der Waals surface area contributed by atoms with Gasteiger partial charge in [-0.3, -0.25) is 4.79 Å². The first kappa shape index (κ1) is 5.90. The lowest BCUT2D eigenvalue weighted by Crippen LogP contribution is -1.84. The predicted octanol–water partition coefficient (Wildman–Crippen LogP) is 0.127. The van der Waals surface area contributed by atoms with E-state index in [4.69, 9.17) is 0 Å². The van der Waals surface area contributed by atoms with Crippen LogP contribution in [0, 0.1) is 0 Å². The van der Waals surface area contributed by atoms with Crippen molar-refractivity contribution in [3.8, 4) is 0 Å². The van der Waals surface area contributed by atoms with Crippen molar-refractivity contribution >= 4 is 12.1 Å². The van der Waals surface area contributed by atoms with Gasteiger partial charge in [0.15, 0.2) is 0 Å². The van der Waals surface area contributed by atoms with Gasteiger partial charge >= 0.3 is 5.91 Å². The Balaban J connectivity index is 0.000000360. The maximum Gasteiger partial charge on any atom is 0.310 e. The van der Waals surface area contributed by atoms with E-state index >= 15 is 0 Å². The molecule has 38 valence electrons. The fourth-order valence-corrected chi connectivity index (χ4v) is 0.171. The third-order valence-corrected chi connectivity index (χ3v) is 0.363. The number of nitrogens with zero attached hydrogens (tertiary/aromatic N) is 3. The monoisotopic (exact) mass is 100 g/mol. The number of carbonyl (C=O) groups is 1. The van der Waals surface area contributed by atoms with Gasteiger partial charge < -0.3 is 6.15 Å². The Morgan fingerprint density at radius 2 is 2.29 bits per heavy atom. The number of amides is 1. The molecular weight excluding hydrogens is 96.0 g/mol. The molecule has 0 unspecified atom stereocenters. The fraction of sp³-hybridized carbons (Fsp3) is 0. The summed E-state index contributed by atoms with van der Waals surface area (Å²) in [4.78, 5) is 9.83. The second kappa shape index (κ2) is 2.14. The van der Waals surface area contributed by atoms with Crippen LogP contribution < -0.4 is 6.15 Å². The number of carbonyl (C=O) groups excluding carboxylic acids is 1. The van der Waals surface area contributed by atoms with Gasteiger partial charge in [0.1, 0.15) is 6.21 Å². The van der Waals surface area contributed by atoms with E-state index in [1.54, 1.807) is 0 Å². The summed E-state index contributed by atoms with van der Waals surface area (Å²) >= 11 is 0. The van der Waals surface area contributed by atoms with Gasteiger partial charge in [0.25, 0.3) is 0 Å². The third-order valence-electron chi connectivity index (χ3n) is 0.363. The van der Waals surface area contributed by atoms with Crippen LogP contribution in [-0.4, -0.2) is 12.1 Å². The molecule has 0 fully saturated rings. The van der Waals surface area contributed by atoms with Crippen LogP contribution in [0.1, 0.15) is 0 Å². The molecule has 0 aromatic rings. The highest BCUT2D eigenvalue weighted by Gasteiger charge is 1.94. The summed E-state index contributed by atoms with van der Waals surface area (Å²) in [6.45, 7) is 0. The van der Waals surface area contributed by atoms with Crippen molar-refractivity contribution in [2.45, 2.75) is 0 Å². The zero-order valence-electron chi connectivity index (χ0n) is 3.53. The molecule has 0 atom stereocenters. The zero-order chi connectivity index (χ0) is 4.41. The molecule has 5 nitrogen and oxygen atoms in total. The molecule has 1 heterocycles. The van der Waals surface area contributed by atoms with Crippen LogP contribution in [0.2, 0.25) is 0 Å². The molecule has 0 aromatic carbocycles. The summed E-state index contributed by atoms with van der Waals surface area (Å²) in [5.74, 6) is -0.380. The normalized spacial score (nSPS) is 14.6. The summed E-state index contributed by atoms with van der Waals surface area (Å²) in [5, 5.41) is 9.16. The summed E-state index contributed by atoms with van der Waals surface area (Å²) in [6.07, 6.45) is 1.06. The van der Waals surface area contributed by atoms with Gasteiger partial charge in [0.2, 0.25) is 0 Å². The van der Waals surface area contributed by atoms with E-state index in [2.05, 4.69) is 15.4 Å². The maximum atomic E-state index is 9.83. The van der Waals surface area contributed by atoms with Gasteiger partial charge in [-0.25, -0.2) is 0 Å². The van der Waals surface area contributed by atoms with Crippen LogP contribution in [0.15, 0.2) is 15.4 Å². The lowest BCUT2D eigenvalue weighted by molar-refractivity contribution is -0.111. The number of rotatable bonds is 0. The van der Waals surface area contributed by atoms with Crippen LogP contribution in [0.5, 0.6) is 0 Å². The minimum absolute atomic E-state index is 0. The van der Waals surface area contributed by atoms with Crippen LogP contribution in [0.4, 0.5) is 0 Å². The first-order valence-electron chi connectivity index (χ1n) is 1.37. The molecule has 5 heteroatoms. The third kappa shape index (κ3) is 1.18. The lowest BCUT2D eigenvalue weighted by Gasteiger charge is -1.55. The number of hydrogen-bond acceptors (Lipinski definition) is 4. The molecule has 3 N–H and O–H groups in total. The van der Waals surface area contributed by atoms with E-state index in [1.165, 1.54) is 0 Å². The van der Waals surface area contributed by atoms with Gasteiger partial charge in [0.05, 0.1) is 0 Å². The average Bonchev–Trinajstić information content (AvgIpc) is 1.86. The molecule has 1 rings (SSSR count). The van der Waals surface area contributed by atoms with Gasteiger partial charge in [-0.2, -0.15) is 0 Å². The van der Waals surface area contributed by atoms with Gasteiger partial charge in [-0.15, -0.1) is 5.10 Å². The minimum atomic E-state index is -0.380. The highest BCUT2D eigenvalue weighted by atomic mass is 16.2. The number of hydrogen-bond donors (Lipinski definition) is 1. The first-order chi connectivity index (χ1) is 2.89. The van der Waals surface area contributed by atoms with E-state index in [1.807, 2.05) is 0 Å². The summed E-state index contributed by atoms with van der Waals surface area (Å²) in [5.41, 5.74) is 0. The summed E-state index contributed by atoms with van der Waals surface area (Å²) < 4.78 is 0. The van der Waals surface area contributed by atoms with Crippen molar-refractivity contribution in [1.82, 2.24) is 6.15 Å². The van der Waals surface area contributed by atoms with Gasteiger partial charge in [0, 0.05) is 0 Å². The molecule has 0 aromatic heterocycles. The molecule has 0 bridgehead atoms. The largest absolute Gasteiger partial charge is 0.344 e. The molecule has 0 saturated carbocycles. The molecular formula is C2H4N4O. The molecule has 0 radical (unpaired) electrons. The Labute approximate surface area is 39.7 Å². The minimum Gasteiger partial charge on any atom is -0.344 e. The SMILES string of the molecule is N.O=C1C=NN=N1. The van der Waals surface area contributed by atoms with Crippen molar-refractivity contribution in [2.75, 3.05) is 0 Å². The van der Waals surface area contributed by atoms with E-state index in [0.29, 0.717) is 0 Å². The van der Waals surface area contributed by atoms with E-state index in [9.17, 15) is 4.79 Å². The Kier molecular flexibility index (Phi) is 1.80. The predicted molar refractivity (Wildman–Crippen MR) is 23.4 cm³/mol. The Morgan fingerprint density at radius 3 is 2.43 bits per heavy atom. The summed E-state index contributed by atoms with van der Waals surface area (Å²) in [6, 6.07) is 0. The highest BCUT2D eigenvalue weighted by Crippen LogP contribution is 1.83. The van der Waals surface area contributed by atoms with Crippen molar-refractivity contribution in [3.05, 3.63) is 0 Å². The van der Waals surface area contributed by atoms with Crippen molar-refractivity contribution in [3.63, 3.8) is 0 Å². The van der Waals surface area contributed by atoms with Gasteiger partial charge in [-0.05, 0) is 5.22 Å². The standard InChI is InChI=1S/C2HN3O.H3N/c6-2-1-3-5-4-2;/h1H;1H3. The van der Waals surface area contributed by atoms with E-state index in [0.717, 1.165) is 6.21 Å². The van der Waals surface area contributed by atoms with Crippen molar-refractivity contribution in [2.24, 2.45) is 15.4 Å². The van der Waals surface area contributed by atoms with Crippen LogP contribution in [0.25, 0.3) is 0 Å². The van der Waals surface area contributed by atoms with Crippen molar-refractivity contribution < 1.29 is 4.79 Å². The molecule has 1 aliphatic heterocycles.